The predicted octanol–water partition coefficient (Wildman–Crippen LogP) is 1.85. The van der Waals surface area contributed by atoms with Gasteiger partial charge < -0.3 is 14.6 Å². The second-order valence-electron chi connectivity index (χ2n) is 4.57. The second-order valence-corrected chi connectivity index (χ2v) is 4.57. The van der Waals surface area contributed by atoms with E-state index in [2.05, 4.69) is 0 Å². The van der Waals surface area contributed by atoms with Crippen LogP contribution in [-0.4, -0.2) is 30.3 Å². The Kier molecular flexibility index (Phi) is 7.46. The van der Waals surface area contributed by atoms with Gasteiger partial charge in [0.1, 0.15) is 0 Å². The van der Waals surface area contributed by atoms with Crippen LogP contribution in [0.3, 0.4) is 0 Å². The van der Waals surface area contributed by atoms with Gasteiger partial charge in [0.2, 0.25) is 0 Å². The van der Waals surface area contributed by atoms with Crippen LogP contribution in [0.4, 0.5) is 0 Å². The summed E-state index contributed by atoms with van der Waals surface area (Å²) in [4.78, 5) is 23.7. The maximum Gasteiger partial charge on any atom is 0.320 e. The summed E-state index contributed by atoms with van der Waals surface area (Å²) >= 11 is 0. The average Bonchev–Trinajstić information content (AvgIpc) is 2.48. The van der Waals surface area contributed by atoms with Gasteiger partial charge in [0, 0.05) is 0 Å². The highest BCUT2D eigenvalue weighted by Crippen LogP contribution is 2.15. The summed E-state index contributed by atoms with van der Waals surface area (Å²) in [6.45, 7) is 3.87. The molecule has 0 fully saturated rings. The Labute approximate surface area is 124 Å². The van der Waals surface area contributed by atoms with Crippen molar-refractivity contribution in [1.82, 2.24) is 0 Å². The lowest BCUT2D eigenvalue weighted by Crippen LogP contribution is -2.28. The topological polar surface area (TPSA) is 72.8 Å². The van der Waals surface area contributed by atoms with Gasteiger partial charge in [0.05, 0.1) is 19.8 Å². The van der Waals surface area contributed by atoms with Gasteiger partial charge in [-0.1, -0.05) is 24.3 Å². The van der Waals surface area contributed by atoms with Crippen molar-refractivity contribution in [3.63, 3.8) is 0 Å². The number of carbonyl (C=O) groups is 2. The van der Waals surface area contributed by atoms with Crippen molar-refractivity contribution < 1.29 is 24.2 Å². The van der Waals surface area contributed by atoms with Crippen molar-refractivity contribution in [2.75, 3.05) is 13.2 Å². The van der Waals surface area contributed by atoms with E-state index in [0.717, 1.165) is 11.1 Å². The quantitative estimate of drug-likeness (QED) is 0.585. The molecule has 5 heteroatoms. The number of aliphatic hydroxyl groups excluding tert-OH is 1. The molecule has 1 N–H and O–H groups in total. The van der Waals surface area contributed by atoms with E-state index in [1.165, 1.54) is 0 Å². The van der Waals surface area contributed by atoms with E-state index in [4.69, 9.17) is 14.6 Å². The molecule has 0 aliphatic heterocycles. The van der Waals surface area contributed by atoms with Crippen LogP contribution in [0.15, 0.2) is 24.3 Å². The molecule has 0 saturated carbocycles. The maximum atomic E-state index is 11.8. The fraction of sp³-hybridized carbons (Fsp3) is 0.500. The molecule has 0 atom stereocenters. The second kappa shape index (κ2) is 9.13. The van der Waals surface area contributed by atoms with Crippen molar-refractivity contribution in [3.8, 4) is 0 Å². The van der Waals surface area contributed by atoms with Gasteiger partial charge in [-0.3, -0.25) is 9.59 Å². The van der Waals surface area contributed by atoms with E-state index < -0.39 is 17.9 Å². The number of carbonyl (C=O) groups excluding carboxylic acids is 2. The molecule has 0 aliphatic carbocycles. The van der Waals surface area contributed by atoms with Crippen LogP contribution in [0.2, 0.25) is 0 Å². The third kappa shape index (κ3) is 5.55. The summed E-state index contributed by atoms with van der Waals surface area (Å²) in [7, 11) is 0. The van der Waals surface area contributed by atoms with E-state index >= 15 is 0 Å². The number of benzene rings is 1. The van der Waals surface area contributed by atoms with Gasteiger partial charge in [-0.2, -0.15) is 0 Å². The standard InChI is InChI=1S/C16H22O5/c1-3-20-15(18)14(16(19)21-4-2)10-9-12-5-7-13(11-17)8-6-12/h5-8,14,17H,3-4,9-11H2,1-2H3. The van der Waals surface area contributed by atoms with Crippen LogP contribution in [0.25, 0.3) is 0 Å². The molecular weight excluding hydrogens is 272 g/mol. The normalized spacial score (nSPS) is 10.5. The van der Waals surface area contributed by atoms with Crippen molar-refractivity contribution in [2.24, 2.45) is 5.92 Å². The lowest BCUT2D eigenvalue weighted by atomic mass is 9.99. The molecule has 0 heterocycles. The Morgan fingerprint density at radius 3 is 1.90 bits per heavy atom. The number of aryl methyl sites for hydroxylation is 1. The Bertz CT molecular complexity index is 434. The molecule has 0 amide bonds. The van der Waals surface area contributed by atoms with E-state index in [1.807, 2.05) is 24.3 Å². The van der Waals surface area contributed by atoms with E-state index in [9.17, 15) is 9.59 Å². The summed E-state index contributed by atoms with van der Waals surface area (Å²) < 4.78 is 9.85. The van der Waals surface area contributed by atoms with Crippen LogP contribution in [0.1, 0.15) is 31.4 Å². The first-order chi connectivity index (χ1) is 10.1. The largest absolute Gasteiger partial charge is 0.465 e. The van der Waals surface area contributed by atoms with Gasteiger partial charge in [-0.05, 0) is 37.8 Å². The third-order valence-corrected chi connectivity index (χ3v) is 3.07. The Morgan fingerprint density at radius 2 is 1.48 bits per heavy atom. The fourth-order valence-electron chi connectivity index (χ4n) is 1.94. The minimum absolute atomic E-state index is 0.00540. The molecule has 116 valence electrons. The Hall–Kier alpha value is -1.88. The number of hydrogen-bond acceptors (Lipinski definition) is 5. The Balaban J connectivity index is 2.66. The molecule has 21 heavy (non-hydrogen) atoms. The highest BCUT2D eigenvalue weighted by atomic mass is 16.6. The number of aliphatic hydroxyl groups is 1. The van der Waals surface area contributed by atoms with E-state index in [0.29, 0.717) is 12.8 Å². The summed E-state index contributed by atoms with van der Waals surface area (Å²) in [6, 6.07) is 7.38. The van der Waals surface area contributed by atoms with Crippen LogP contribution in [0, 0.1) is 5.92 Å². The van der Waals surface area contributed by atoms with Crippen molar-refractivity contribution >= 4 is 11.9 Å². The van der Waals surface area contributed by atoms with Crippen molar-refractivity contribution in [1.29, 1.82) is 0 Å². The SMILES string of the molecule is CCOC(=O)C(CCc1ccc(CO)cc1)C(=O)OCC. The molecule has 1 aromatic carbocycles. The molecule has 1 rings (SSSR count). The molecule has 0 aliphatic rings. The van der Waals surface area contributed by atoms with E-state index in [1.54, 1.807) is 13.8 Å². The molecule has 0 saturated heterocycles. The summed E-state index contributed by atoms with van der Waals surface area (Å²) in [5.41, 5.74) is 1.82. The minimum Gasteiger partial charge on any atom is -0.465 e. The first-order valence-corrected chi connectivity index (χ1v) is 7.14. The summed E-state index contributed by atoms with van der Waals surface area (Å²) in [5.74, 6) is -1.96. The third-order valence-electron chi connectivity index (χ3n) is 3.07. The smallest absolute Gasteiger partial charge is 0.320 e. The molecule has 0 spiro atoms. The highest BCUT2D eigenvalue weighted by molar-refractivity contribution is 5.94. The zero-order valence-electron chi connectivity index (χ0n) is 12.5. The lowest BCUT2D eigenvalue weighted by Gasteiger charge is -2.14. The van der Waals surface area contributed by atoms with Crippen LogP contribution in [-0.2, 0) is 32.1 Å². The molecular formula is C16H22O5. The zero-order valence-corrected chi connectivity index (χ0v) is 12.5. The van der Waals surface area contributed by atoms with Crippen molar-refractivity contribution in [3.05, 3.63) is 35.4 Å². The first-order valence-electron chi connectivity index (χ1n) is 7.14. The molecule has 5 nitrogen and oxygen atoms in total. The number of ether oxygens (including phenoxy) is 2. The van der Waals surface area contributed by atoms with Gasteiger partial charge in [0.25, 0.3) is 0 Å². The monoisotopic (exact) mass is 294 g/mol. The summed E-state index contributed by atoms with van der Waals surface area (Å²) in [6.07, 6.45) is 0.907. The molecule has 1 aromatic rings. The van der Waals surface area contributed by atoms with Crippen LogP contribution < -0.4 is 0 Å². The van der Waals surface area contributed by atoms with Gasteiger partial charge in [-0.15, -0.1) is 0 Å². The summed E-state index contributed by atoms with van der Waals surface area (Å²) in [5, 5.41) is 8.99. The maximum absolute atomic E-state index is 11.8. The average molecular weight is 294 g/mol. The lowest BCUT2D eigenvalue weighted by molar-refractivity contribution is -0.161. The predicted molar refractivity (Wildman–Crippen MR) is 77.4 cm³/mol. The van der Waals surface area contributed by atoms with Crippen molar-refractivity contribution in [2.45, 2.75) is 33.3 Å². The van der Waals surface area contributed by atoms with E-state index in [-0.39, 0.29) is 19.8 Å². The van der Waals surface area contributed by atoms with Gasteiger partial charge in [0.15, 0.2) is 5.92 Å². The van der Waals surface area contributed by atoms with Gasteiger partial charge >= 0.3 is 11.9 Å². The first kappa shape index (κ1) is 17.2. The zero-order chi connectivity index (χ0) is 15.7. The number of hydrogen-bond donors (Lipinski definition) is 1. The van der Waals surface area contributed by atoms with Crippen LogP contribution >= 0.6 is 0 Å². The molecule has 0 aromatic heterocycles. The van der Waals surface area contributed by atoms with Gasteiger partial charge in [-0.25, -0.2) is 0 Å². The highest BCUT2D eigenvalue weighted by Gasteiger charge is 2.28. The van der Waals surface area contributed by atoms with Crippen LogP contribution in [0.5, 0.6) is 0 Å². The number of esters is 2. The Morgan fingerprint density at radius 1 is 1.00 bits per heavy atom. The molecule has 0 bridgehead atoms. The number of rotatable bonds is 8. The molecule has 0 radical (unpaired) electrons. The fourth-order valence-corrected chi connectivity index (χ4v) is 1.94. The molecule has 0 unspecified atom stereocenters. The minimum atomic E-state index is -0.887.